The van der Waals surface area contributed by atoms with Crippen LogP contribution < -0.4 is 0 Å². The van der Waals surface area contributed by atoms with Crippen LogP contribution in [0, 0.1) is 0 Å². The second kappa shape index (κ2) is 6.12. The summed E-state index contributed by atoms with van der Waals surface area (Å²) in [6.07, 6.45) is 7.74. The number of likely N-dealkylation sites (tertiary alicyclic amines) is 1. The Morgan fingerprint density at radius 3 is 2.86 bits per heavy atom. The van der Waals surface area contributed by atoms with E-state index in [4.69, 9.17) is 0 Å². The molecule has 1 aromatic heterocycles. The first-order valence-electron chi connectivity index (χ1n) is 7.57. The van der Waals surface area contributed by atoms with Crippen molar-refractivity contribution in [2.45, 2.75) is 31.7 Å². The van der Waals surface area contributed by atoms with E-state index in [9.17, 15) is 4.79 Å². The summed E-state index contributed by atoms with van der Waals surface area (Å²) in [6, 6.07) is 10.9. The van der Waals surface area contributed by atoms with Crippen molar-refractivity contribution in [1.82, 2.24) is 14.7 Å². The molecule has 2 aromatic rings. The first-order valence-corrected chi connectivity index (χ1v) is 7.57. The van der Waals surface area contributed by atoms with Gasteiger partial charge in [0.1, 0.15) is 0 Å². The predicted molar refractivity (Wildman–Crippen MR) is 82.0 cm³/mol. The monoisotopic (exact) mass is 283 g/mol. The number of carbonyl (C=O) groups excluding carboxylic acids is 1. The summed E-state index contributed by atoms with van der Waals surface area (Å²) >= 11 is 0. The molecular formula is C17H21N3O. The maximum Gasteiger partial charge on any atom is 0.257 e. The molecule has 0 radical (unpaired) electrons. The molecule has 0 aliphatic carbocycles. The van der Waals surface area contributed by atoms with Gasteiger partial charge >= 0.3 is 0 Å². The highest BCUT2D eigenvalue weighted by Gasteiger charge is 2.29. The Morgan fingerprint density at radius 1 is 1.33 bits per heavy atom. The molecule has 1 aliphatic rings. The molecule has 0 N–H and O–H groups in total. The number of hydrogen-bond donors (Lipinski definition) is 0. The lowest BCUT2D eigenvalue weighted by Gasteiger charge is -2.24. The first kappa shape index (κ1) is 13.9. The van der Waals surface area contributed by atoms with E-state index < -0.39 is 0 Å². The van der Waals surface area contributed by atoms with E-state index in [1.807, 2.05) is 18.0 Å². The molecule has 4 nitrogen and oxygen atoms in total. The van der Waals surface area contributed by atoms with Gasteiger partial charge in [0, 0.05) is 25.8 Å². The fourth-order valence-electron chi connectivity index (χ4n) is 3.08. The van der Waals surface area contributed by atoms with Gasteiger partial charge in [0.05, 0.1) is 11.8 Å². The molecule has 1 saturated heterocycles. The summed E-state index contributed by atoms with van der Waals surface area (Å²) in [5.74, 6) is 0.124. The van der Waals surface area contributed by atoms with Crippen LogP contribution in [0.4, 0.5) is 0 Å². The number of benzene rings is 1. The average Bonchev–Trinajstić information content (AvgIpc) is 3.14. The zero-order valence-electron chi connectivity index (χ0n) is 12.4. The molecule has 2 heterocycles. The Hall–Kier alpha value is -2.10. The lowest BCUT2D eigenvalue weighted by Crippen LogP contribution is -2.35. The highest BCUT2D eigenvalue weighted by atomic mass is 16.2. The Labute approximate surface area is 125 Å². The molecule has 21 heavy (non-hydrogen) atoms. The highest BCUT2D eigenvalue weighted by molar-refractivity contribution is 5.94. The molecule has 1 aliphatic heterocycles. The summed E-state index contributed by atoms with van der Waals surface area (Å²) in [7, 11) is 1.84. The van der Waals surface area contributed by atoms with Crippen LogP contribution in [0.25, 0.3) is 0 Å². The number of hydrogen-bond acceptors (Lipinski definition) is 2. The Bertz CT molecular complexity index is 606. The molecule has 0 spiro atoms. The predicted octanol–water partition coefficient (Wildman–Crippen LogP) is 2.66. The molecule has 1 fully saturated rings. The van der Waals surface area contributed by atoms with Crippen LogP contribution >= 0.6 is 0 Å². The largest absolute Gasteiger partial charge is 0.336 e. The fraction of sp³-hybridized carbons (Fsp3) is 0.412. The number of aromatic nitrogens is 2. The summed E-state index contributed by atoms with van der Waals surface area (Å²) in [6.45, 7) is 0.868. The second-order valence-corrected chi connectivity index (χ2v) is 5.72. The van der Waals surface area contributed by atoms with Crippen molar-refractivity contribution in [3.05, 3.63) is 53.9 Å². The molecule has 0 unspecified atom stereocenters. The third-order valence-electron chi connectivity index (χ3n) is 4.20. The third-order valence-corrected chi connectivity index (χ3v) is 4.20. The summed E-state index contributed by atoms with van der Waals surface area (Å²) in [5, 5.41) is 4.10. The van der Waals surface area contributed by atoms with Gasteiger partial charge in [-0.3, -0.25) is 9.48 Å². The highest BCUT2D eigenvalue weighted by Crippen LogP contribution is 2.23. The molecule has 1 atom stereocenters. The molecule has 110 valence electrons. The van der Waals surface area contributed by atoms with Gasteiger partial charge < -0.3 is 4.90 Å². The smallest absolute Gasteiger partial charge is 0.257 e. The van der Waals surface area contributed by atoms with Gasteiger partial charge in [0.25, 0.3) is 5.91 Å². The molecule has 0 bridgehead atoms. The van der Waals surface area contributed by atoms with Crippen LogP contribution in [-0.4, -0.2) is 33.2 Å². The minimum absolute atomic E-state index is 0.124. The Kier molecular flexibility index (Phi) is 4.04. The van der Waals surface area contributed by atoms with Gasteiger partial charge in [0.15, 0.2) is 0 Å². The van der Waals surface area contributed by atoms with E-state index in [0.29, 0.717) is 11.6 Å². The lowest BCUT2D eigenvalue weighted by molar-refractivity contribution is 0.0730. The topological polar surface area (TPSA) is 38.1 Å². The minimum atomic E-state index is 0.124. The van der Waals surface area contributed by atoms with Crippen molar-refractivity contribution in [2.24, 2.45) is 7.05 Å². The first-order chi connectivity index (χ1) is 10.2. The maximum atomic E-state index is 12.6. The SMILES string of the molecule is Cn1cc(C(=O)N2CCC[C@@H]2CCc2ccccc2)cn1. The van der Waals surface area contributed by atoms with Gasteiger partial charge in [0.2, 0.25) is 0 Å². The molecule has 1 aromatic carbocycles. The summed E-state index contributed by atoms with van der Waals surface area (Å²) < 4.78 is 1.68. The molecule has 3 rings (SSSR count). The second-order valence-electron chi connectivity index (χ2n) is 5.72. The lowest BCUT2D eigenvalue weighted by atomic mass is 10.0. The number of carbonyl (C=O) groups is 1. The van der Waals surface area contributed by atoms with Gasteiger partial charge in [-0.1, -0.05) is 30.3 Å². The van der Waals surface area contributed by atoms with Crippen molar-refractivity contribution in [2.75, 3.05) is 6.54 Å². The minimum Gasteiger partial charge on any atom is -0.336 e. The molecule has 1 amide bonds. The van der Waals surface area contributed by atoms with Crippen LogP contribution in [-0.2, 0) is 13.5 Å². The standard InChI is InChI=1S/C17H21N3O/c1-19-13-15(12-18-19)17(21)20-11-5-8-16(20)10-9-14-6-3-2-4-7-14/h2-4,6-7,12-13,16H,5,8-11H2,1H3/t16-/m1/s1. The van der Waals surface area contributed by atoms with Gasteiger partial charge in [-0.25, -0.2) is 0 Å². The van der Waals surface area contributed by atoms with Crippen LogP contribution in [0.5, 0.6) is 0 Å². The van der Waals surface area contributed by atoms with Crippen molar-refractivity contribution in [1.29, 1.82) is 0 Å². The van der Waals surface area contributed by atoms with Crippen LogP contribution in [0.15, 0.2) is 42.7 Å². The Morgan fingerprint density at radius 2 is 2.14 bits per heavy atom. The van der Waals surface area contributed by atoms with Gasteiger partial charge in [-0.05, 0) is 31.2 Å². The third kappa shape index (κ3) is 3.15. The van der Waals surface area contributed by atoms with Crippen LogP contribution in [0.1, 0.15) is 35.2 Å². The van der Waals surface area contributed by atoms with Crippen LogP contribution in [0.3, 0.4) is 0 Å². The van der Waals surface area contributed by atoms with Crippen molar-refractivity contribution in [3.8, 4) is 0 Å². The summed E-state index contributed by atoms with van der Waals surface area (Å²) in [5.41, 5.74) is 2.04. The zero-order valence-corrected chi connectivity index (χ0v) is 12.4. The van der Waals surface area contributed by atoms with E-state index in [1.54, 1.807) is 17.1 Å². The number of aryl methyl sites for hydroxylation is 2. The van der Waals surface area contributed by atoms with E-state index in [1.165, 1.54) is 5.56 Å². The van der Waals surface area contributed by atoms with E-state index in [2.05, 4.69) is 29.4 Å². The van der Waals surface area contributed by atoms with E-state index in [-0.39, 0.29) is 5.91 Å². The van der Waals surface area contributed by atoms with E-state index in [0.717, 1.165) is 32.2 Å². The number of nitrogens with zero attached hydrogens (tertiary/aromatic N) is 3. The quantitative estimate of drug-likeness (QED) is 0.865. The van der Waals surface area contributed by atoms with Crippen LogP contribution in [0.2, 0.25) is 0 Å². The zero-order chi connectivity index (χ0) is 14.7. The summed E-state index contributed by atoms with van der Waals surface area (Å²) in [4.78, 5) is 14.6. The van der Waals surface area contributed by atoms with Gasteiger partial charge in [-0.2, -0.15) is 5.10 Å². The van der Waals surface area contributed by atoms with Crippen molar-refractivity contribution >= 4 is 5.91 Å². The normalized spacial score (nSPS) is 18.1. The van der Waals surface area contributed by atoms with Crippen molar-refractivity contribution < 1.29 is 4.79 Å². The number of amides is 1. The fourth-order valence-corrected chi connectivity index (χ4v) is 3.08. The maximum absolute atomic E-state index is 12.6. The molecule has 0 saturated carbocycles. The Balaban J connectivity index is 1.64. The molecular weight excluding hydrogens is 262 g/mol. The average molecular weight is 283 g/mol. The molecule has 4 heteroatoms. The number of rotatable bonds is 4. The van der Waals surface area contributed by atoms with Gasteiger partial charge in [-0.15, -0.1) is 0 Å². The van der Waals surface area contributed by atoms with E-state index >= 15 is 0 Å². The van der Waals surface area contributed by atoms with Crippen molar-refractivity contribution in [3.63, 3.8) is 0 Å².